The molecular formula is C12H15N3. The molecule has 1 aromatic carbocycles. The van der Waals surface area contributed by atoms with E-state index < -0.39 is 0 Å². The van der Waals surface area contributed by atoms with Gasteiger partial charge in [0.15, 0.2) is 0 Å². The highest BCUT2D eigenvalue weighted by Crippen LogP contribution is 2.10. The van der Waals surface area contributed by atoms with E-state index in [2.05, 4.69) is 41.6 Å². The van der Waals surface area contributed by atoms with Gasteiger partial charge in [0.05, 0.1) is 11.9 Å². The zero-order valence-corrected chi connectivity index (χ0v) is 9.07. The van der Waals surface area contributed by atoms with Crippen LogP contribution in [0.3, 0.4) is 0 Å². The summed E-state index contributed by atoms with van der Waals surface area (Å²) in [5.74, 6) is 0. The fourth-order valence-electron chi connectivity index (χ4n) is 1.52. The Kier molecular flexibility index (Phi) is 2.72. The van der Waals surface area contributed by atoms with Gasteiger partial charge in [-0.05, 0) is 18.1 Å². The summed E-state index contributed by atoms with van der Waals surface area (Å²) in [6.07, 6.45) is 3.80. The standard InChI is InChI=1S/C12H15N3/c1-10-5-3-4-6-11(10)7-13-12-8-14-15(2)9-12/h3-6,8-9,13H,7H2,1-2H3. The molecule has 0 fully saturated rings. The van der Waals surface area contributed by atoms with Gasteiger partial charge in [0.25, 0.3) is 0 Å². The fourth-order valence-corrected chi connectivity index (χ4v) is 1.52. The van der Waals surface area contributed by atoms with Crippen molar-refractivity contribution in [1.29, 1.82) is 0 Å². The van der Waals surface area contributed by atoms with Crippen molar-refractivity contribution in [3.63, 3.8) is 0 Å². The molecule has 0 unspecified atom stereocenters. The van der Waals surface area contributed by atoms with E-state index >= 15 is 0 Å². The van der Waals surface area contributed by atoms with Crippen LogP contribution in [0.2, 0.25) is 0 Å². The molecule has 3 nitrogen and oxygen atoms in total. The van der Waals surface area contributed by atoms with Crippen molar-refractivity contribution < 1.29 is 0 Å². The van der Waals surface area contributed by atoms with Gasteiger partial charge < -0.3 is 5.32 Å². The predicted octanol–water partition coefficient (Wildman–Crippen LogP) is 2.34. The Morgan fingerprint density at radius 3 is 2.80 bits per heavy atom. The average molecular weight is 201 g/mol. The lowest BCUT2D eigenvalue weighted by atomic mass is 10.1. The normalized spacial score (nSPS) is 10.3. The predicted molar refractivity (Wildman–Crippen MR) is 61.7 cm³/mol. The van der Waals surface area contributed by atoms with Crippen molar-refractivity contribution in [3.8, 4) is 0 Å². The molecule has 1 N–H and O–H groups in total. The Bertz CT molecular complexity index is 446. The number of aryl methyl sites for hydroxylation is 2. The van der Waals surface area contributed by atoms with Gasteiger partial charge >= 0.3 is 0 Å². The molecule has 78 valence electrons. The molecule has 3 heteroatoms. The Hall–Kier alpha value is -1.77. The van der Waals surface area contributed by atoms with Crippen LogP contribution in [0.4, 0.5) is 5.69 Å². The number of anilines is 1. The van der Waals surface area contributed by atoms with E-state index in [0.717, 1.165) is 12.2 Å². The first kappa shape index (κ1) is 9.77. The van der Waals surface area contributed by atoms with Crippen LogP contribution in [-0.2, 0) is 13.6 Å². The zero-order chi connectivity index (χ0) is 10.7. The van der Waals surface area contributed by atoms with E-state index in [4.69, 9.17) is 0 Å². The third-order valence-corrected chi connectivity index (χ3v) is 2.45. The summed E-state index contributed by atoms with van der Waals surface area (Å²) < 4.78 is 1.79. The van der Waals surface area contributed by atoms with Gasteiger partial charge in [0.2, 0.25) is 0 Å². The van der Waals surface area contributed by atoms with Crippen molar-refractivity contribution in [1.82, 2.24) is 9.78 Å². The van der Waals surface area contributed by atoms with Crippen molar-refractivity contribution in [2.45, 2.75) is 13.5 Å². The molecule has 0 saturated carbocycles. The Morgan fingerprint density at radius 1 is 1.33 bits per heavy atom. The van der Waals surface area contributed by atoms with E-state index in [-0.39, 0.29) is 0 Å². The van der Waals surface area contributed by atoms with Crippen LogP contribution in [-0.4, -0.2) is 9.78 Å². The average Bonchev–Trinajstić information content (AvgIpc) is 2.63. The summed E-state index contributed by atoms with van der Waals surface area (Å²) in [6.45, 7) is 2.97. The molecule has 0 bridgehead atoms. The lowest BCUT2D eigenvalue weighted by molar-refractivity contribution is 0.768. The molecule has 0 amide bonds. The molecule has 0 aliphatic carbocycles. The number of benzene rings is 1. The monoisotopic (exact) mass is 201 g/mol. The Balaban J connectivity index is 2.02. The molecule has 0 spiro atoms. The number of aromatic nitrogens is 2. The Labute approximate surface area is 89.7 Å². The third-order valence-electron chi connectivity index (χ3n) is 2.45. The van der Waals surface area contributed by atoms with E-state index in [1.165, 1.54) is 11.1 Å². The molecule has 2 aromatic rings. The van der Waals surface area contributed by atoms with Gasteiger partial charge in [-0.2, -0.15) is 5.10 Å². The first-order valence-electron chi connectivity index (χ1n) is 5.03. The first-order valence-corrected chi connectivity index (χ1v) is 5.03. The third kappa shape index (κ3) is 2.37. The maximum atomic E-state index is 4.11. The van der Waals surface area contributed by atoms with Crippen molar-refractivity contribution in [2.24, 2.45) is 7.05 Å². The highest BCUT2D eigenvalue weighted by atomic mass is 15.3. The largest absolute Gasteiger partial charge is 0.378 e. The number of hydrogen-bond acceptors (Lipinski definition) is 2. The summed E-state index contributed by atoms with van der Waals surface area (Å²) in [5, 5.41) is 7.44. The van der Waals surface area contributed by atoms with Crippen LogP contribution >= 0.6 is 0 Å². The minimum Gasteiger partial charge on any atom is -0.378 e. The number of hydrogen-bond donors (Lipinski definition) is 1. The van der Waals surface area contributed by atoms with Crippen molar-refractivity contribution in [3.05, 3.63) is 47.8 Å². The van der Waals surface area contributed by atoms with Gasteiger partial charge in [-0.3, -0.25) is 4.68 Å². The van der Waals surface area contributed by atoms with Crippen LogP contribution in [0.25, 0.3) is 0 Å². The van der Waals surface area contributed by atoms with Gasteiger partial charge in [0, 0.05) is 19.8 Å². The Morgan fingerprint density at radius 2 is 2.13 bits per heavy atom. The molecule has 0 aliphatic heterocycles. The highest BCUT2D eigenvalue weighted by Gasteiger charge is 1.98. The summed E-state index contributed by atoms with van der Waals surface area (Å²) in [6, 6.07) is 8.38. The molecule has 0 saturated heterocycles. The van der Waals surface area contributed by atoms with E-state index in [9.17, 15) is 0 Å². The van der Waals surface area contributed by atoms with E-state index in [1.54, 1.807) is 4.68 Å². The SMILES string of the molecule is Cc1ccccc1CNc1cnn(C)c1. The van der Waals surface area contributed by atoms with E-state index in [0.29, 0.717) is 0 Å². The quantitative estimate of drug-likeness (QED) is 0.826. The fraction of sp³-hybridized carbons (Fsp3) is 0.250. The summed E-state index contributed by atoms with van der Waals surface area (Å²) in [4.78, 5) is 0. The minimum absolute atomic E-state index is 0.846. The number of nitrogens with one attached hydrogen (secondary N) is 1. The minimum atomic E-state index is 0.846. The van der Waals surface area contributed by atoms with Crippen molar-refractivity contribution in [2.75, 3.05) is 5.32 Å². The lowest BCUT2D eigenvalue weighted by Gasteiger charge is -2.06. The summed E-state index contributed by atoms with van der Waals surface area (Å²) in [7, 11) is 1.92. The molecular weight excluding hydrogens is 186 g/mol. The molecule has 0 atom stereocenters. The van der Waals surface area contributed by atoms with Gasteiger partial charge in [-0.1, -0.05) is 24.3 Å². The van der Waals surface area contributed by atoms with Crippen LogP contribution in [0.5, 0.6) is 0 Å². The van der Waals surface area contributed by atoms with E-state index in [1.807, 2.05) is 19.4 Å². The second kappa shape index (κ2) is 4.17. The van der Waals surface area contributed by atoms with Crippen LogP contribution in [0, 0.1) is 6.92 Å². The molecule has 0 aliphatic rings. The van der Waals surface area contributed by atoms with Crippen LogP contribution in [0.1, 0.15) is 11.1 Å². The summed E-state index contributed by atoms with van der Waals surface area (Å²) in [5.41, 5.74) is 3.69. The maximum absolute atomic E-state index is 4.11. The summed E-state index contributed by atoms with van der Waals surface area (Å²) >= 11 is 0. The van der Waals surface area contributed by atoms with Gasteiger partial charge in [-0.15, -0.1) is 0 Å². The highest BCUT2D eigenvalue weighted by molar-refractivity contribution is 5.40. The number of rotatable bonds is 3. The molecule has 1 aromatic heterocycles. The van der Waals surface area contributed by atoms with Gasteiger partial charge in [0.1, 0.15) is 0 Å². The zero-order valence-electron chi connectivity index (χ0n) is 9.07. The smallest absolute Gasteiger partial charge is 0.0729 e. The second-order valence-corrected chi connectivity index (χ2v) is 3.68. The van der Waals surface area contributed by atoms with Crippen molar-refractivity contribution >= 4 is 5.69 Å². The maximum Gasteiger partial charge on any atom is 0.0729 e. The van der Waals surface area contributed by atoms with Crippen LogP contribution in [0.15, 0.2) is 36.7 Å². The van der Waals surface area contributed by atoms with Crippen LogP contribution < -0.4 is 5.32 Å². The lowest BCUT2D eigenvalue weighted by Crippen LogP contribution is -2.00. The number of nitrogens with zero attached hydrogens (tertiary/aromatic N) is 2. The second-order valence-electron chi connectivity index (χ2n) is 3.68. The molecule has 2 rings (SSSR count). The molecule has 1 heterocycles. The molecule has 15 heavy (non-hydrogen) atoms. The first-order chi connectivity index (χ1) is 7.25. The van der Waals surface area contributed by atoms with Gasteiger partial charge in [-0.25, -0.2) is 0 Å². The molecule has 0 radical (unpaired) electrons. The topological polar surface area (TPSA) is 29.9 Å².